The largest absolute Gasteiger partial charge is 0.494 e. The molecule has 22 heavy (non-hydrogen) atoms. The van der Waals surface area contributed by atoms with Crippen molar-refractivity contribution in [1.82, 2.24) is 0 Å². The number of nitrogens with one attached hydrogen (secondary N) is 1. The second-order valence-corrected chi connectivity index (χ2v) is 6.14. The highest BCUT2D eigenvalue weighted by Crippen LogP contribution is 2.39. The maximum Gasteiger partial charge on any atom is 0.225 e. The fourth-order valence-corrected chi connectivity index (χ4v) is 3.32. The standard InChI is InChI=1S/C18H19NO2S/c1-3-21-13-7-8-15-16(11-18(20)19-17(15)10-13)12-5-4-6-14(9-12)22-2/h4-10,16H,3,11H2,1-2H3,(H,19,20). The molecule has 2 aromatic carbocycles. The molecule has 4 heteroatoms. The maximum absolute atomic E-state index is 12.1. The number of anilines is 1. The zero-order chi connectivity index (χ0) is 15.5. The topological polar surface area (TPSA) is 38.3 Å². The summed E-state index contributed by atoms with van der Waals surface area (Å²) in [6, 6.07) is 14.4. The van der Waals surface area contributed by atoms with Gasteiger partial charge in [0.1, 0.15) is 5.75 Å². The molecule has 0 aromatic heterocycles. The summed E-state index contributed by atoms with van der Waals surface area (Å²) in [4.78, 5) is 13.3. The Labute approximate surface area is 135 Å². The second kappa shape index (κ2) is 6.44. The number of hydrogen-bond acceptors (Lipinski definition) is 3. The van der Waals surface area contributed by atoms with E-state index in [9.17, 15) is 4.79 Å². The number of carbonyl (C=O) groups is 1. The lowest BCUT2D eigenvalue weighted by Gasteiger charge is -2.26. The number of thioether (sulfide) groups is 1. The van der Waals surface area contributed by atoms with Gasteiger partial charge in [-0.2, -0.15) is 0 Å². The first-order valence-corrected chi connectivity index (χ1v) is 8.64. The summed E-state index contributed by atoms with van der Waals surface area (Å²) < 4.78 is 5.53. The van der Waals surface area contributed by atoms with Crippen LogP contribution in [0.3, 0.4) is 0 Å². The Kier molecular flexibility index (Phi) is 4.39. The third-order valence-electron chi connectivity index (χ3n) is 3.87. The van der Waals surface area contributed by atoms with Crippen LogP contribution in [0, 0.1) is 0 Å². The molecule has 0 aliphatic carbocycles. The Hall–Kier alpha value is -1.94. The molecular formula is C18H19NO2S. The minimum Gasteiger partial charge on any atom is -0.494 e. The Balaban J connectivity index is 2.01. The van der Waals surface area contributed by atoms with E-state index in [4.69, 9.17) is 4.74 Å². The first kappa shape index (κ1) is 15.0. The van der Waals surface area contributed by atoms with Crippen LogP contribution in [0.2, 0.25) is 0 Å². The van der Waals surface area contributed by atoms with Gasteiger partial charge in [0.05, 0.1) is 6.61 Å². The van der Waals surface area contributed by atoms with Gasteiger partial charge in [-0.25, -0.2) is 0 Å². The lowest BCUT2D eigenvalue weighted by atomic mass is 9.85. The third-order valence-corrected chi connectivity index (χ3v) is 4.60. The zero-order valence-corrected chi connectivity index (χ0v) is 13.6. The highest BCUT2D eigenvalue weighted by Gasteiger charge is 2.26. The second-order valence-electron chi connectivity index (χ2n) is 5.26. The van der Waals surface area contributed by atoms with E-state index in [1.807, 2.05) is 19.1 Å². The van der Waals surface area contributed by atoms with E-state index in [1.54, 1.807) is 11.8 Å². The van der Waals surface area contributed by atoms with E-state index in [1.165, 1.54) is 10.5 Å². The van der Waals surface area contributed by atoms with Gasteiger partial charge in [0, 0.05) is 29.0 Å². The molecule has 1 aliphatic heterocycles. The van der Waals surface area contributed by atoms with Crippen molar-refractivity contribution >= 4 is 23.4 Å². The van der Waals surface area contributed by atoms with Crippen LogP contribution in [0.15, 0.2) is 47.4 Å². The van der Waals surface area contributed by atoms with Crippen molar-refractivity contribution in [3.63, 3.8) is 0 Å². The van der Waals surface area contributed by atoms with E-state index in [-0.39, 0.29) is 11.8 Å². The summed E-state index contributed by atoms with van der Waals surface area (Å²) in [6.07, 6.45) is 2.55. The summed E-state index contributed by atoms with van der Waals surface area (Å²) in [5.74, 6) is 0.951. The van der Waals surface area contributed by atoms with Crippen LogP contribution < -0.4 is 10.1 Å². The highest BCUT2D eigenvalue weighted by molar-refractivity contribution is 7.98. The molecule has 0 spiro atoms. The Morgan fingerprint density at radius 2 is 2.14 bits per heavy atom. The van der Waals surface area contributed by atoms with Crippen molar-refractivity contribution in [3.05, 3.63) is 53.6 Å². The predicted molar refractivity (Wildman–Crippen MR) is 90.9 cm³/mol. The first-order chi connectivity index (χ1) is 10.7. The molecule has 2 aromatic rings. The Bertz CT molecular complexity index is 699. The molecule has 1 amide bonds. The maximum atomic E-state index is 12.1. The molecule has 0 radical (unpaired) electrons. The normalized spacial score (nSPS) is 16.8. The lowest BCUT2D eigenvalue weighted by molar-refractivity contribution is -0.116. The third kappa shape index (κ3) is 2.97. The van der Waals surface area contributed by atoms with Gasteiger partial charge in [0.25, 0.3) is 0 Å². The van der Waals surface area contributed by atoms with Crippen LogP contribution in [0.4, 0.5) is 5.69 Å². The van der Waals surface area contributed by atoms with E-state index < -0.39 is 0 Å². The number of fused-ring (bicyclic) bond motifs is 1. The van der Waals surface area contributed by atoms with Crippen LogP contribution in [0.25, 0.3) is 0 Å². The molecular weight excluding hydrogens is 294 g/mol. The van der Waals surface area contributed by atoms with Gasteiger partial charge < -0.3 is 10.1 Å². The number of rotatable bonds is 4. The monoisotopic (exact) mass is 313 g/mol. The lowest BCUT2D eigenvalue weighted by Crippen LogP contribution is -2.23. The van der Waals surface area contributed by atoms with Crippen LogP contribution in [0.5, 0.6) is 5.75 Å². The van der Waals surface area contributed by atoms with Gasteiger partial charge in [-0.1, -0.05) is 18.2 Å². The number of carbonyl (C=O) groups excluding carboxylic acids is 1. The van der Waals surface area contributed by atoms with Crippen molar-refractivity contribution in [2.45, 2.75) is 24.2 Å². The Morgan fingerprint density at radius 3 is 2.91 bits per heavy atom. The molecule has 1 N–H and O–H groups in total. The van der Waals surface area contributed by atoms with E-state index in [0.29, 0.717) is 13.0 Å². The van der Waals surface area contributed by atoms with Crippen molar-refractivity contribution in [2.24, 2.45) is 0 Å². The molecule has 0 saturated heterocycles. The number of ether oxygens (including phenoxy) is 1. The summed E-state index contributed by atoms with van der Waals surface area (Å²) in [5.41, 5.74) is 3.20. The predicted octanol–water partition coefficient (Wildman–Crippen LogP) is 4.28. The van der Waals surface area contributed by atoms with Crippen LogP contribution in [-0.2, 0) is 4.79 Å². The smallest absolute Gasteiger partial charge is 0.225 e. The molecule has 1 atom stereocenters. The fourth-order valence-electron chi connectivity index (χ4n) is 2.86. The van der Waals surface area contributed by atoms with Gasteiger partial charge in [-0.3, -0.25) is 4.79 Å². The quantitative estimate of drug-likeness (QED) is 0.856. The average molecular weight is 313 g/mol. The minimum atomic E-state index is 0.0562. The van der Waals surface area contributed by atoms with E-state index in [0.717, 1.165) is 17.0 Å². The number of amides is 1. The van der Waals surface area contributed by atoms with Crippen LogP contribution in [0.1, 0.15) is 30.4 Å². The van der Waals surface area contributed by atoms with Gasteiger partial charge in [-0.15, -0.1) is 11.8 Å². The van der Waals surface area contributed by atoms with Crippen molar-refractivity contribution in [2.75, 3.05) is 18.2 Å². The molecule has 3 nitrogen and oxygen atoms in total. The SMILES string of the molecule is CCOc1ccc2c(c1)NC(=O)CC2c1cccc(SC)c1. The summed E-state index contributed by atoms with van der Waals surface area (Å²) >= 11 is 1.72. The van der Waals surface area contributed by atoms with Gasteiger partial charge in [0.15, 0.2) is 0 Å². The molecule has 0 fully saturated rings. The van der Waals surface area contributed by atoms with Gasteiger partial charge in [0.2, 0.25) is 5.91 Å². The summed E-state index contributed by atoms with van der Waals surface area (Å²) in [6.45, 7) is 2.57. The number of benzene rings is 2. The fraction of sp³-hybridized carbons (Fsp3) is 0.278. The minimum absolute atomic E-state index is 0.0562. The van der Waals surface area contributed by atoms with Gasteiger partial charge >= 0.3 is 0 Å². The number of hydrogen-bond donors (Lipinski definition) is 1. The van der Waals surface area contributed by atoms with Crippen molar-refractivity contribution in [1.29, 1.82) is 0 Å². The summed E-state index contributed by atoms with van der Waals surface area (Å²) in [7, 11) is 0. The van der Waals surface area contributed by atoms with Crippen molar-refractivity contribution in [3.8, 4) is 5.75 Å². The molecule has 0 bridgehead atoms. The van der Waals surface area contributed by atoms with Crippen molar-refractivity contribution < 1.29 is 9.53 Å². The zero-order valence-electron chi connectivity index (χ0n) is 12.8. The average Bonchev–Trinajstić information content (AvgIpc) is 2.54. The highest BCUT2D eigenvalue weighted by atomic mass is 32.2. The van der Waals surface area contributed by atoms with E-state index >= 15 is 0 Å². The van der Waals surface area contributed by atoms with E-state index in [2.05, 4.69) is 41.9 Å². The first-order valence-electron chi connectivity index (χ1n) is 7.41. The molecule has 1 heterocycles. The molecule has 1 aliphatic rings. The molecule has 0 saturated carbocycles. The molecule has 114 valence electrons. The van der Waals surface area contributed by atoms with Crippen LogP contribution >= 0.6 is 11.8 Å². The Morgan fingerprint density at radius 1 is 1.27 bits per heavy atom. The summed E-state index contributed by atoms with van der Waals surface area (Å²) in [5, 5.41) is 2.96. The van der Waals surface area contributed by atoms with Crippen LogP contribution in [-0.4, -0.2) is 18.8 Å². The molecule has 3 rings (SSSR count). The molecule has 1 unspecified atom stereocenters. The van der Waals surface area contributed by atoms with Gasteiger partial charge in [-0.05, 0) is 42.5 Å².